The molecule has 0 saturated heterocycles. The standard InChI is InChI=1S/C20H21N3O2S2/c24-17(13-26-20-23-22-19(27-20)21-16-8-9-16)12-25-18-10-6-15(7-11-18)14-4-2-1-3-5-14/h1-7,10-11,16-17,24H,8-9,12-13H2,(H,21,22). The van der Waals surface area contributed by atoms with Gasteiger partial charge in [0.05, 0.1) is 6.10 Å². The summed E-state index contributed by atoms with van der Waals surface area (Å²) in [6.07, 6.45) is 1.86. The van der Waals surface area contributed by atoms with Gasteiger partial charge in [0.25, 0.3) is 0 Å². The molecule has 140 valence electrons. The monoisotopic (exact) mass is 399 g/mol. The Morgan fingerprint density at radius 1 is 1.07 bits per heavy atom. The highest BCUT2D eigenvalue weighted by Crippen LogP contribution is 2.30. The molecule has 27 heavy (non-hydrogen) atoms. The van der Waals surface area contributed by atoms with Gasteiger partial charge in [0.15, 0.2) is 4.34 Å². The molecule has 1 unspecified atom stereocenters. The number of rotatable bonds is 9. The number of nitrogens with zero attached hydrogens (tertiary/aromatic N) is 2. The second-order valence-electron chi connectivity index (χ2n) is 6.46. The zero-order valence-corrected chi connectivity index (χ0v) is 16.4. The molecule has 0 spiro atoms. The van der Waals surface area contributed by atoms with Gasteiger partial charge in [0.2, 0.25) is 5.13 Å². The first-order valence-corrected chi connectivity index (χ1v) is 10.8. The predicted molar refractivity (Wildman–Crippen MR) is 111 cm³/mol. The molecule has 0 radical (unpaired) electrons. The van der Waals surface area contributed by atoms with Crippen LogP contribution in [-0.4, -0.2) is 39.8 Å². The molecule has 1 atom stereocenters. The van der Waals surface area contributed by atoms with Crippen LogP contribution in [0.2, 0.25) is 0 Å². The number of aliphatic hydroxyl groups excluding tert-OH is 1. The van der Waals surface area contributed by atoms with Crippen molar-refractivity contribution in [2.45, 2.75) is 29.3 Å². The van der Waals surface area contributed by atoms with E-state index in [-0.39, 0.29) is 6.61 Å². The second kappa shape index (κ2) is 8.73. The van der Waals surface area contributed by atoms with E-state index in [4.69, 9.17) is 4.74 Å². The van der Waals surface area contributed by atoms with Gasteiger partial charge in [-0.25, -0.2) is 0 Å². The van der Waals surface area contributed by atoms with E-state index in [0.29, 0.717) is 11.8 Å². The number of anilines is 1. The first-order valence-electron chi connectivity index (χ1n) is 8.95. The summed E-state index contributed by atoms with van der Waals surface area (Å²) in [5, 5.41) is 22.6. The van der Waals surface area contributed by atoms with Crippen LogP contribution in [0.3, 0.4) is 0 Å². The molecular weight excluding hydrogens is 378 g/mol. The summed E-state index contributed by atoms with van der Waals surface area (Å²) in [7, 11) is 0. The molecule has 4 rings (SSSR count). The fraction of sp³-hybridized carbons (Fsp3) is 0.300. The Balaban J connectivity index is 1.21. The van der Waals surface area contributed by atoms with Gasteiger partial charge in [-0.1, -0.05) is 65.6 Å². The lowest BCUT2D eigenvalue weighted by molar-refractivity contribution is 0.126. The van der Waals surface area contributed by atoms with E-state index in [9.17, 15) is 5.11 Å². The second-order valence-corrected chi connectivity index (χ2v) is 8.70. The Morgan fingerprint density at radius 3 is 2.56 bits per heavy atom. The van der Waals surface area contributed by atoms with Gasteiger partial charge >= 0.3 is 0 Å². The predicted octanol–water partition coefficient (Wildman–Crippen LogP) is 4.31. The molecule has 2 N–H and O–H groups in total. The largest absolute Gasteiger partial charge is 0.491 e. The van der Waals surface area contributed by atoms with Crippen molar-refractivity contribution < 1.29 is 9.84 Å². The average molecular weight is 400 g/mol. The first kappa shape index (κ1) is 18.3. The van der Waals surface area contributed by atoms with E-state index < -0.39 is 6.10 Å². The van der Waals surface area contributed by atoms with Crippen molar-refractivity contribution in [3.8, 4) is 16.9 Å². The van der Waals surface area contributed by atoms with Crippen molar-refractivity contribution in [3.05, 3.63) is 54.6 Å². The zero-order chi connectivity index (χ0) is 18.5. The highest BCUT2D eigenvalue weighted by atomic mass is 32.2. The van der Waals surface area contributed by atoms with E-state index in [1.54, 1.807) is 0 Å². The molecule has 2 aromatic carbocycles. The number of aliphatic hydroxyl groups is 1. The molecule has 1 aromatic heterocycles. The lowest BCUT2D eigenvalue weighted by Gasteiger charge is -2.11. The molecule has 1 fully saturated rings. The summed E-state index contributed by atoms with van der Waals surface area (Å²) in [6, 6.07) is 18.7. The number of hydrogen-bond donors (Lipinski definition) is 2. The normalized spacial score (nSPS) is 14.7. The average Bonchev–Trinajstić information content (AvgIpc) is 3.42. The van der Waals surface area contributed by atoms with Crippen LogP contribution >= 0.6 is 23.1 Å². The van der Waals surface area contributed by atoms with Crippen LogP contribution in [-0.2, 0) is 0 Å². The number of hydrogen-bond acceptors (Lipinski definition) is 7. The molecule has 0 amide bonds. The maximum Gasteiger partial charge on any atom is 0.206 e. The number of thioether (sulfide) groups is 1. The van der Waals surface area contributed by atoms with Crippen molar-refractivity contribution >= 4 is 28.2 Å². The molecule has 5 nitrogen and oxygen atoms in total. The van der Waals surface area contributed by atoms with E-state index >= 15 is 0 Å². The summed E-state index contributed by atoms with van der Waals surface area (Å²) in [6.45, 7) is 0.254. The Hall–Kier alpha value is -2.09. The summed E-state index contributed by atoms with van der Waals surface area (Å²) in [5.74, 6) is 1.28. The Kier molecular flexibility index (Phi) is 5.91. The summed E-state index contributed by atoms with van der Waals surface area (Å²) in [4.78, 5) is 0. The lowest BCUT2D eigenvalue weighted by atomic mass is 10.1. The smallest absolute Gasteiger partial charge is 0.206 e. The van der Waals surface area contributed by atoms with Crippen LogP contribution in [0.5, 0.6) is 5.75 Å². The first-order chi connectivity index (χ1) is 13.3. The van der Waals surface area contributed by atoms with Crippen molar-refractivity contribution in [3.63, 3.8) is 0 Å². The highest BCUT2D eigenvalue weighted by molar-refractivity contribution is 8.01. The van der Waals surface area contributed by atoms with Gasteiger partial charge < -0.3 is 15.2 Å². The maximum atomic E-state index is 10.2. The minimum absolute atomic E-state index is 0.254. The summed E-state index contributed by atoms with van der Waals surface area (Å²) in [5.41, 5.74) is 2.32. The molecule has 1 heterocycles. The zero-order valence-electron chi connectivity index (χ0n) is 14.7. The van der Waals surface area contributed by atoms with Crippen LogP contribution in [0.15, 0.2) is 58.9 Å². The van der Waals surface area contributed by atoms with Crippen molar-refractivity contribution in [2.24, 2.45) is 0 Å². The van der Waals surface area contributed by atoms with E-state index in [2.05, 4.69) is 27.6 Å². The van der Waals surface area contributed by atoms with Gasteiger partial charge in [-0.3, -0.25) is 0 Å². The molecule has 0 aliphatic heterocycles. The van der Waals surface area contributed by atoms with Crippen molar-refractivity contribution in [1.29, 1.82) is 0 Å². The fourth-order valence-corrected chi connectivity index (χ4v) is 4.27. The number of nitrogens with one attached hydrogen (secondary N) is 1. The van der Waals surface area contributed by atoms with E-state index in [1.165, 1.54) is 41.5 Å². The van der Waals surface area contributed by atoms with Gasteiger partial charge in [0, 0.05) is 11.8 Å². The Labute approximate surface area is 166 Å². The minimum Gasteiger partial charge on any atom is -0.491 e. The van der Waals surface area contributed by atoms with Crippen LogP contribution in [0.25, 0.3) is 11.1 Å². The number of ether oxygens (including phenoxy) is 1. The Morgan fingerprint density at radius 2 is 1.81 bits per heavy atom. The summed E-state index contributed by atoms with van der Waals surface area (Å²) < 4.78 is 6.57. The van der Waals surface area contributed by atoms with E-state index in [0.717, 1.165) is 20.8 Å². The van der Waals surface area contributed by atoms with Gasteiger partial charge in [-0.2, -0.15) is 0 Å². The van der Waals surface area contributed by atoms with Crippen LogP contribution in [0, 0.1) is 0 Å². The third-order valence-electron chi connectivity index (χ3n) is 4.11. The van der Waals surface area contributed by atoms with E-state index in [1.807, 2.05) is 42.5 Å². The third kappa shape index (κ3) is 5.45. The SMILES string of the molecule is OC(COc1ccc(-c2ccccc2)cc1)CSc1nnc(NC2CC2)s1. The Bertz CT molecular complexity index is 851. The fourth-order valence-electron chi connectivity index (χ4n) is 2.51. The van der Waals surface area contributed by atoms with Gasteiger partial charge in [-0.15, -0.1) is 10.2 Å². The quantitative estimate of drug-likeness (QED) is 0.523. The molecule has 1 aliphatic rings. The van der Waals surface area contributed by atoms with Crippen LogP contribution < -0.4 is 10.1 Å². The lowest BCUT2D eigenvalue weighted by Crippen LogP contribution is -2.20. The molecule has 0 bridgehead atoms. The van der Waals surface area contributed by atoms with Gasteiger partial charge in [-0.05, 0) is 36.1 Å². The molecular formula is C20H21N3O2S2. The molecule has 1 aliphatic carbocycles. The topological polar surface area (TPSA) is 67.3 Å². The minimum atomic E-state index is -0.562. The van der Waals surface area contributed by atoms with Gasteiger partial charge in [0.1, 0.15) is 12.4 Å². The van der Waals surface area contributed by atoms with Crippen LogP contribution in [0.4, 0.5) is 5.13 Å². The summed E-state index contributed by atoms with van der Waals surface area (Å²) >= 11 is 3.04. The van der Waals surface area contributed by atoms with Crippen molar-refractivity contribution in [1.82, 2.24) is 10.2 Å². The molecule has 3 aromatic rings. The number of benzene rings is 2. The maximum absolute atomic E-state index is 10.2. The van der Waals surface area contributed by atoms with Crippen LogP contribution in [0.1, 0.15) is 12.8 Å². The molecule has 7 heteroatoms. The molecule has 1 saturated carbocycles. The third-order valence-corrected chi connectivity index (χ3v) is 6.25. The highest BCUT2D eigenvalue weighted by Gasteiger charge is 2.22. The number of aromatic nitrogens is 2. The van der Waals surface area contributed by atoms with Crippen molar-refractivity contribution in [2.75, 3.05) is 17.7 Å².